The van der Waals surface area contributed by atoms with E-state index in [1.807, 2.05) is 51.7 Å². The van der Waals surface area contributed by atoms with Gasteiger partial charge in [-0.1, -0.05) is 6.92 Å². The minimum absolute atomic E-state index is 0.0567. The SMILES string of the molecule is CC[C@@H]1CN(C(=O)OC(C)(C)C)[C@@H](C)CN1C(C)c1ccc2c(n1)OC(C)(C)CO2. The molecule has 168 valence electrons. The maximum absolute atomic E-state index is 12.7. The lowest BCUT2D eigenvalue weighted by Gasteiger charge is -2.47. The number of ether oxygens (including phenoxy) is 3. The van der Waals surface area contributed by atoms with Crippen molar-refractivity contribution in [2.75, 3.05) is 19.7 Å². The van der Waals surface area contributed by atoms with Gasteiger partial charge in [0, 0.05) is 31.2 Å². The summed E-state index contributed by atoms with van der Waals surface area (Å²) in [5.74, 6) is 1.25. The number of amides is 1. The van der Waals surface area contributed by atoms with Crippen LogP contribution < -0.4 is 9.47 Å². The number of carbonyl (C=O) groups is 1. The minimum Gasteiger partial charge on any atom is -0.484 e. The Kier molecular flexibility index (Phi) is 6.23. The van der Waals surface area contributed by atoms with Gasteiger partial charge in [0.15, 0.2) is 5.75 Å². The highest BCUT2D eigenvalue weighted by atomic mass is 16.6. The zero-order valence-electron chi connectivity index (χ0n) is 19.7. The summed E-state index contributed by atoms with van der Waals surface area (Å²) in [5, 5.41) is 0. The molecule has 7 nitrogen and oxygen atoms in total. The summed E-state index contributed by atoms with van der Waals surface area (Å²) in [5.41, 5.74) is 0.0687. The van der Waals surface area contributed by atoms with Crippen LogP contribution >= 0.6 is 0 Å². The lowest BCUT2D eigenvalue weighted by atomic mass is 10.0. The van der Waals surface area contributed by atoms with Crippen molar-refractivity contribution in [3.8, 4) is 11.6 Å². The van der Waals surface area contributed by atoms with Crippen LogP contribution in [-0.2, 0) is 4.74 Å². The molecular formula is C23H37N3O4. The number of rotatable bonds is 3. The second-order valence-corrected chi connectivity index (χ2v) is 10.1. The van der Waals surface area contributed by atoms with Gasteiger partial charge in [0.25, 0.3) is 5.88 Å². The minimum atomic E-state index is -0.494. The second-order valence-electron chi connectivity index (χ2n) is 10.1. The molecule has 0 aliphatic carbocycles. The van der Waals surface area contributed by atoms with Crippen molar-refractivity contribution in [3.63, 3.8) is 0 Å². The molecule has 1 fully saturated rings. The van der Waals surface area contributed by atoms with Gasteiger partial charge >= 0.3 is 6.09 Å². The number of pyridine rings is 1. The lowest BCUT2D eigenvalue weighted by molar-refractivity contribution is -0.0231. The fraction of sp³-hybridized carbons (Fsp3) is 0.739. The monoisotopic (exact) mass is 419 g/mol. The van der Waals surface area contributed by atoms with Crippen LogP contribution in [0.5, 0.6) is 11.6 Å². The maximum Gasteiger partial charge on any atom is 0.410 e. The molecule has 1 aromatic rings. The Morgan fingerprint density at radius 2 is 2.03 bits per heavy atom. The molecule has 30 heavy (non-hydrogen) atoms. The third-order valence-electron chi connectivity index (χ3n) is 5.70. The molecule has 0 N–H and O–H groups in total. The summed E-state index contributed by atoms with van der Waals surface area (Å²) >= 11 is 0. The fourth-order valence-corrected chi connectivity index (χ4v) is 4.05. The topological polar surface area (TPSA) is 64.1 Å². The van der Waals surface area contributed by atoms with Crippen LogP contribution in [0.3, 0.4) is 0 Å². The highest BCUT2D eigenvalue weighted by Gasteiger charge is 2.38. The molecule has 0 saturated carbocycles. The van der Waals surface area contributed by atoms with Crippen LogP contribution in [0.4, 0.5) is 4.79 Å². The van der Waals surface area contributed by atoms with Crippen molar-refractivity contribution < 1.29 is 19.0 Å². The van der Waals surface area contributed by atoms with Gasteiger partial charge in [-0.3, -0.25) is 4.90 Å². The van der Waals surface area contributed by atoms with Gasteiger partial charge in [-0.25, -0.2) is 9.78 Å². The van der Waals surface area contributed by atoms with E-state index >= 15 is 0 Å². The standard InChI is InChI=1S/C23H37N3O4/c1-9-17-13-25(21(27)30-22(4,5)6)15(2)12-26(17)16(3)18-10-11-19-20(24-18)29-23(7,8)14-28-19/h10-11,15-17H,9,12-14H2,1-8H3/t15-,16?,17+/m0/s1. The summed E-state index contributed by atoms with van der Waals surface area (Å²) in [6.07, 6.45) is 0.703. The molecule has 3 rings (SSSR count). The molecular weight excluding hydrogens is 382 g/mol. The first-order chi connectivity index (χ1) is 13.9. The van der Waals surface area contributed by atoms with Crippen molar-refractivity contribution >= 4 is 6.09 Å². The molecule has 2 aliphatic heterocycles. The largest absolute Gasteiger partial charge is 0.484 e. The van der Waals surface area contributed by atoms with E-state index in [1.165, 1.54) is 0 Å². The maximum atomic E-state index is 12.7. The van der Waals surface area contributed by atoms with Gasteiger partial charge in [0.05, 0.1) is 5.69 Å². The summed E-state index contributed by atoms with van der Waals surface area (Å²) in [6, 6.07) is 4.35. The lowest BCUT2D eigenvalue weighted by Crippen LogP contribution is -2.59. The van der Waals surface area contributed by atoms with Crippen LogP contribution in [0.25, 0.3) is 0 Å². The molecule has 3 heterocycles. The zero-order valence-corrected chi connectivity index (χ0v) is 19.7. The molecule has 0 spiro atoms. The predicted octanol–water partition coefficient (Wildman–Crippen LogP) is 4.41. The van der Waals surface area contributed by atoms with E-state index in [-0.39, 0.29) is 29.8 Å². The highest BCUT2D eigenvalue weighted by molar-refractivity contribution is 5.68. The van der Waals surface area contributed by atoms with Gasteiger partial charge in [-0.2, -0.15) is 0 Å². The van der Waals surface area contributed by atoms with Gasteiger partial charge in [0.1, 0.15) is 17.8 Å². The Morgan fingerprint density at radius 1 is 1.33 bits per heavy atom. The third kappa shape index (κ3) is 4.99. The van der Waals surface area contributed by atoms with E-state index in [2.05, 4.69) is 25.7 Å². The number of piperazine rings is 1. The van der Waals surface area contributed by atoms with E-state index in [0.717, 1.165) is 18.7 Å². The average Bonchev–Trinajstić information content (AvgIpc) is 2.64. The van der Waals surface area contributed by atoms with E-state index in [0.29, 0.717) is 24.8 Å². The molecule has 0 radical (unpaired) electrons. The molecule has 1 aromatic heterocycles. The van der Waals surface area contributed by atoms with Crippen LogP contribution in [0.15, 0.2) is 12.1 Å². The number of hydrogen-bond acceptors (Lipinski definition) is 6. The summed E-state index contributed by atoms with van der Waals surface area (Å²) < 4.78 is 17.5. The van der Waals surface area contributed by atoms with E-state index in [9.17, 15) is 4.79 Å². The van der Waals surface area contributed by atoms with Crippen molar-refractivity contribution in [1.29, 1.82) is 0 Å². The summed E-state index contributed by atoms with van der Waals surface area (Å²) in [6.45, 7) is 18.0. The van der Waals surface area contributed by atoms with Gasteiger partial charge in [-0.05, 0) is 67.0 Å². The molecule has 1 amide bonds. The molecule has 1 saturated heterocycles. The number of hydrogen-bond donors (Lipinski definition) is 0. The van der Waals surface area contributed by atoms with Gasteiger partial charge < -0.3 is 19.1 Å². The molecule has 2 aliphatic rings. The van der Waals surface area contributed by atoms with Gasteiger partial charge in [0.2, 0.25) is 0 Å². The fourth-order valence-electron chi connectivity index (χ4n) is 4.05. The van der Waals surface area contributed by atoms with Crippen molar-refractivity contribution in [2.45, 2.75) is 91.1 Å². The van der Waals surface area contributed by atoms with Crippen LogP contribution in [-0.4, -0.2) is 63.9 Å². The number of aromatic nitrogens is 1. The van der Waals surface area contributed by atoms with Gasteiger partial charge in [-0.15, -0.1) is 0 Å². The Morgan fingerprint density at radius 3 is 2.67 bits per heavy atom. The normalized spacial score (nSPS) is 25.0. The van der Waals surface area contributed by atoms with Crippen LogP contribution in [0, 0.1) is 0 Å². The quantitative estimate of drug-likeness (QED) is 0.723. The molecule has 7 heteroatoms. The molecule has 0 aromatic carbocycles. The second kappa shape index (κ2) is 8.25. The average molecular weight is 420 g/mol. The summed E-state index contributed by atoms with van der Waals surface area (Å²) in [4.78, 5) is 21.8. The zero-order chi connectivity index (χ0) is 22.3. The molecule has 1 unspecified atom stereocenters. The molecule has 3 atom stereocenters. The highest BCUT2D eigenvalue weighted by Crippen LogP contribution is 2.36. The van der Waals surface area contributed by atoms with E-state index < -0.39 is 5.60 Å². The van der Waals surface area contributed by atoms with Crippen molar-refractivity contribution in [3.05, 3.63) is 17.8 Å². The number of fused-ring (bicyclic) bond motifs is 1. The van der Waals surface area contributed by atoms with Crippen LogP contribution in [0.2, 0.25) is 0 Å². The van der Waals surface area contributed by atoms with E-state index in [1.54, 1.807) is 0 Å². The number of nitrogens with zero attached hydrogens (tertiary/aromatic N) is 3. The third-order valence-corrected chi connectivity index (χ3v) is 5.70. The Bertz CT molecular complexity index is 774. The smallest absolute Gasteiger partial charge is 0.410 e. The van der Waals surface area contributed by atoms with Crippen molar-refractivity contribution in [1.82, 2.24) is 14.8 Å². The first-order valence-electron chi connectivity index (χ1n) is 11.0. The Balaban J connectivity index is 1.77. The first-order valence-corrected chi connectivity index (χ1v) is 11.0. The van der Waals surface area contributed by atoms with Crippen LogP contribution in [0.1, 0.15) is 73.5 Å². The predicted molar refractivity (Wildman–Crippen MR) is 116 cm³/mol. The molecule has 0 bridgehead atoms. The Labute approximate surface area is 180 Å². The Hall–Kier alpha value is -2.02. The van der Waals surface area contributed by atoms with E-state index in [4.69, 9.17) is 19.2 Å². The first kappa shape index (κ1) is 22.7. The van der Waals surface area contributed by atoms with Crippen molar-refractivity contribution in [2.24, 2.45) is 0 Å². The summed E-state index contributed by atoms with van der Waals surface area (Å²) in [7, 11) is 0. The number of carbonyl (C=O) groups excluding carboxylic acids is 1.